The van der Waals surface area contributed by atoms with Crippen molar-refractivity contribution in [1.82, 2.24) is 14.0 Å². The van der Waals surface area contributed by atoms with Crippen molar-refractivity contribution >= 4 is 86.6 Å². The van der Waals surface area contributed by atoms with Crippen molar-refractivity contribution in [3.63, 3.8) is 0 Å². The number of aliphatic carboxylic acids is 1. The molecule has 2 aromatic heterocycles. The molecule has 0 spiro atoms. The number of alkyl halides is 3. The zero-order valence-electron chi connectivity index (χ0n) is 27.1. The van der Waals surface area contributed by atoms with Crippen LogP contribution < -0.4 is 9.62 Å². The quantitative estimate of drug-likeness (QED) is 0.177. The smallest absolute Gasteiger partial charge is 0.416 e. The molecule has 2 aliphatic heterocycles. The Morgan fingerprint density at radius 2 is 1.57 bits per heavy atom. The molecule has 0 radical (unpaired) electrons. The molecule has 1 aromatic carbocycles. The van der Waals surface area contributed by atoms with Crippen molar-refractivity contribution in [3.05, 3.63) is 67.0 Å². The predicted molar refractivity (Wildman–Crippen MR) is 196 cm³/mol. The molecule has 0 aliphatic carbocycles. The third kappa shape index (κ3) is 10.2. The van der Waals surface area contributed by atoms with Crippen molar-refractivity contribution in [2.75, 3.05) is 31.1 Å². The number of hydrogen-bond donors (Lipinski definition) is 2. The van der Waals surface area contributed by atoms with Gasteiger partial charge in [-0.25, -0.2) is 21.8 Å². The van der Waals surface area contributed by atoms with Crippen LogP contribution in [0, 0.1) is 11.8 Å². The molecular weight excluding hydrogens is 885 g/mol. The van der Waals surface area contributed by atoms with E-state index in [1.54, 1.807) is 10.4 Å². The van der Waals surface area contributed by atoms with Crippen LogP contribution in [0.3, 0.4) is 0 Å². The molecule has 0 amide bonds. The number of rotatable bonds is 13. The molecule has 3 aromatic rings. The minimum absolute atomic E-state index is 0.222. The SMILES string of the molecule is O=C(O)C(Cc1ccc(C(F)(F)F)cc1)NS(=O)(=O)c1cnc(N2CCC(CCCC3CCN(S(=O)(=O)c4cc(Br)c(Cl)s4)CC3)CC2)c(Br)c1. The number of benzene rings is 1. The summed E-state index contributed by atoms with van der Waals surface area (Å²) < 4.78 is 96.3. The minimum Gasteiger partial charge on any atom is -0.480 e. The summed E-state index contributed by atoms with van der Waals surface area (Å²) in [5, 5.41) is 9.65. The highest BCUT2D eigenvalue weighted by atomic mass is 79.9. The van der Waals surface area contributed by atoms with Crippen LogP contribution in [0.2, 0.25) is 4.34 Å². The lowest BCUT2D eigenvalue weighted by molar-refractivity contribution is -0.139. The second-order valence-corrected chi connectivity index (χ2v) is 20.0. The molecular formula is C32H36Br2ClF3N4O6S3. The van der Waals surface area contributed by atoms with Gasteiger partial charge in [-0.2, -0.15) is 22.2 Å². The van der Waals surface area contributed by atoms with Crippen molar-refractivity contribution in [2.45, 2.75) is 72.7 Å². The fraction of sp³-hybridized carbons (Fsp3) is 0.500. The first kappa shape index (κ1) is 40.4. The summed E-state index contributed by atoms with van der Waals surface area (Å²) in [6, 6.07) is 5.18. The maximum Gasteiger partial charge on any atom is 0.416 e. The lowest BCUT2D eigenvalue weighted by Gasteiger charge is -2.34. The third-order valence-electron chi connectivity index (χ3n) is 9.35. The molecule has 4 heterocycles. The Labute approximate surface area is 321 Å². The van der Waals surface area contributed by atoms with Crippen LogP contribution in [0.4, 0.5) is 19.0 Å². The van der Waals surface area contributed by atoms with Crippen molar-refractivity contribution < 1.29 is 39.9 Å². The summed E-state index contributed by atoms with van der Waals surface area (Å²) in [5.41, 5.74) is -0.672. The third-order valence-corrected chi connectivity index (χ3v) is 16.2. The Morgan fingerprint density at radius 3 is 2.08 bits per heavy atom. The number of thiophene rings is 1. The van der Waals surface area contributed by atoms with Crippen molar-refractivity contribution in [2.24, 2.45) is 11.8 Å². The summed E-state index contributed by atoms with van der Waals surface area (Å²) in [6.45, 7) is 2.46. The number of pyridine rings is 1. The Hall–Kier alpha value is -1.80. The lowest BCUT2D eigenvalue weighted by atomic mass is 9.87. The summed E-state index contributed by atoms with van der Waals surface area (Å²) in [4.78, 5) is 18.1. The summed E-state index contributed by atoms with van der Waals surface area (Å²) in [7, 11) is -7.89. The molecule has 5 rings (SSSR count). The molecule has 1 atom stereocenters. The van der Waals surface area contributed by atoms with E-state index in [0.29, 0.717) is 44.0 Å². The molecule has 0 bridgehead atoms. The zero-order valence-corrected chi connectivity index (χ0v) is 33.5. The Balaban J connectivity index is 1.07. The van der Waals surface area contributed by atoms with Gasteiger partial charge in [-0.15, -0.1) is 11.3 Å². The van der Waals surface area contributed by atoms with E-state index >= 15 is 0 Å². The number of nitrogens with one attached hydrogen (secondary N) is 1. The predicted octanol–water partition coefficient (Wildman–Crippen LogP) is 7.80. The first-order valence-corrected chi connectivity index (χ1v) is 21.9. The minimum atomic E-state index is -4.55. The average molecular weight is 921 g/mol. The highest BCUT2D eigenvalue weighted by Gasteiger charge is 2.33. The van der Waals surface area contributed by atoms with Gasteiger partial charge in [0.2, 0.25) is 10.0 Å². The standard InChI is InChI=1S/C32H36Br2ClF3N4O6S3/c33-25-18-28(49-29(25)35)51(47,48)42-14-10-21(11-15-42)3-1-2-20-8-12-41(13-9-20)30-26(34)17-24(19-39-30)50(45,46)40-27(31(43)44)16-22-4-6-23(7-5-22)32(36,37)38/h4-7,17-21,27,40H,1-3,8-16H2,(H,43,44). The highest BCUT2D eigenvalue weighted by Crippen LogP contribution is 2.38. The molecule has 1 unspecified atom stereocenters. The monoisotopic (exact) mass is 918 g/mol. The number of anilines is 1. The number of carboxylic acid groups (broad SMARTS) is 1. The van der Waals surface area contributed by atoms with Gasteiger partial charge < -0.3 is 10.0 Å². The van der Waals surface area contributed by atoms with Gasteiger partial charge in [0.15, 0.2) is 0 Å². The summed E-state index contributed by atoms with van der Waals surface area (Å²) >= 11 is 13.8. The van der Waals surface area contributed by atoms with Gasteiger partial charge in [0.1, 0.15) is 25.3 Å². The van der Waals surface area contributed by atoms with Gasteiger partial charge in [0, 0.05) is 36.8 Å². The molecule has 51 heavy (non-hydrogen) atoms. The Morgan fingerprint density at radius 1 is 0.980 bits per heavy atom. The summed E-state index contributed by atoms with van der Waals surface area (Å²) in [6.07, 6.45) is 2.98. The number of hydrogen-bond acceptors (Lipinski definition) is 8. The maximum absolute atomic E-state index is 13.1. The van der Waals surface area contributed by atoms with Gasteiger partial charge in [0.05, 0.1) is 10.0 Å². The van der Waals surface area contributed by atoms with Crippen LogP contribution in [-0.2, 0) is 37.4 Å². The maximum atomic E-state index is 13.1. The van der Waals surface area contributed by atoms with Gasteiger partial charge in [-0.1, -0.05) is 43.0 Å². The zero-order chi connectivity index (χ0) is 37.1. The van der Waals surface area contributed by atoms with Crippen LogP contribution in [0.1, 0.15) is 56.1 Å². The molecule has 2 N–H and O–H groups in total. The van der Waals surface area contributed by atoms with E-state index in [2.05, 4.69) is 46.5 Å². The number of aromatic nitrogens is 1. The molecule has 2 aliphatic rings. The van der Waals surface area contributed by atoms with E-state index in [0.717, 1.165) is 99.8 Å². The average Bonchev–Trinajstić information content (AvgIpc) is 3.43. The lowest BCUT2D eigenvalue weighted by Crippen LogP contribution is -2.42. The highest BCUT2D eigenvalue weighted by molar-refractivity contribution is 9.11. The van der Waals surface area contributed by atoms with Gasteiger partial charge >= 0.3 is 12.1 Å². The largest absolute Gasteiger partial charge is 0.480 e. The Bertz CT molecular complexity index is 1900. The number of sulfonamides is 2. The van der Waals surface area contributed by atoms with Gasteiger partial charge in [0.25, 0.3) is 10.0 Å². The number of piperidine rings is 2. The van der Waals surface area contributed by atoms with Crippen LogP contribution in [-0.4, -0.2) is 69.4 Å². The molecule has 10 nitrogen and oxygen atoms in total. The van der Waals surface area contributed by atoms with Crippen molar-refractivity contribution in [1.29, 1.82) is 0 Å². The molecule has 19 heteroatoms. The topological polar surface area (TPSA) is 137 Å². The van der Waals surface area contributed by atoms with E-state index in [-0.39, 0.29) is 21.1 Å². The van der Waals surface area contributed by atoms with E-state index in [1.165, 1.54) is 6.07 Å². The summed E-state index contributed by atoms with van der Waals surface area (Å²) in [5.74, 6) is 0.112. The van der Waals surface area contributed by atoms with Gasteiger partial charge in [-0.05, 0) is 106 Å². The number of carbonyl (C=O) groups is 1. The van der Waals surface area contributed by atoms with Crippen LogP contribution in [0.15, 0.2) is 60.6 Å². The van der Waals surface area contributed by atoms with Crippen LogP contribution >= 0.6 is 54.8 Å². The normalized spacial score (nSPS) is 17.9. The van der Waals surface area contributed by atoms with Crippen molar-refractivity contribution in [3.8, 4) is 0 Å². The van der Waals surface area contributed by atoms with Crippen LogP contribution in [0.5, 0.6) is 0 Å². The first-order valence-electron chi connectivity index (χ1n) is 16.2. The fourth-order valence-electron chi connectivity index (χ4n) is 6.44. The second kappa shape index (κ2) is 16.7. The molecule has 280 valence electrons. The van der Waals surface area contributed by atoms with E-state index < -0.39 is 43.8 Å². The fourth-order valence-corrected chi connectivity index (χ4v) is 12.3. The van der Waals surface area contributed by atoms with Gasteiger partial charge in [-0.3, -0.25) is 4.79 Å². The van der Waals surface area contributed by atoms with E-state index in [1.807, 2.05) is 0 Å². The second-order valence-electron chi connectivity index (χ2n) is 12.8. The first-order chi connectivity index (χ1) is 23.9. The molecule has 2 saturated heterocycles. The van der Waals surface area contributed by atoms with E-state index in [9.17, 15) is 39.9 Å². The number of halogens is 6. The van der Waals surface area contributed by atoms with E-state index in [4.69, 9.17) is 11.6 Å². The Kier molecular flexibility index (Phi) is 13.2. The molecule has 2 fully saturated rings. The number of nitrogens with zero attached hydrogens (tertiary/aromatic N) is 3. The van der Waals surface area contributed by atoms with Crippen LogP contribution in [0.25, 0.3) is 0 Å². The number of carboxylic acids is 1. The molecule has 0 saturated carbocycles.